The van der Waals surface area contributed by atoms with Gasteiger partial charge < -0.3 is 0 Å². The summed E-state index contributed by atoms with van der Waals surface area (Å²) in [5.74, 6) is 0.956. The maximum absolute atomic E-state index is 15.9. The van der Waals surface area contributed by atoms with Crippen LogP contribution in [0, 0.1) is 5.92 Å². The molecule has 0 amide bonds. The summed E-state index contributed by atoms with van der Waals surface area (Å²) in [5.41, 5.74) is -1.65. The fraction of sp³-hybridized carbons (Fsp3) is 0.400. The SMILES string of the molecule is CCOc1cccc(OCC)c1C(=O)P(CC(C)C)(C(=O)c1ccccc1OC)(C(=O)c1ccccc1OC)C(C)CC. The number of benzene rings is 3. The molecule has 3 aromatic carbocycles. The van der Waals surface area contributed by atoms with Crippen LogP contribution in [0.15, 0.2) is 66.7 Å². The molecule has 0 saturated carbocycles. The third-order valence-electron chi connectivity index (χ3n) is 8.18. The molecule has 0 fully saturated rings. The Labute approximate surface area is 255 Å². The minimum atomic E-state index is -5.04. The molecule has 0 N–H and O–H groups in total. The van der Waals surface area contributed by atoms with Crippen molar-refractivity contribution in [2.75, 3.05) is 33.6 Å². The molecule has 3 rings (SSSR count). The molecule has 43 heavy (non-hydrogen) atoms. The van der Waals surface area contributed by atoms with E-state index in [0.29, 0.717) is 17.9 Å². The van der Waals surface area contributed by atoms with Gasteiger partial charge in [-0.3, -0.25) is 0 Å². The third-order valence-corrected chi connectivity index (χ3v) is 15.5. The van der Waals surface area contributed by atoms with Gasteiger partial charge in [-0.25, -0.2) is 0 Å². The van der Waals surface area contributed by atoms with E-state index in [9.17, 15) is 0 Å². The van der Waals surface area contributed by atoms with Gasteiger partial charge in [0.2, 0.25) is 0 Å². The zero-order valence-corrected chi connectivity index (χ0v) is 27.5. The summed E-state index contributed by atoms with van der Waals surface area (Å²) < 4.78 is 23.4. The summed E-state index contributed by atoms with van der Waals surface area (Å²) in [6, 6.07) is 18.8. The molecule has 0 spiro atoms. The molecule has 0 aliphatic rings. The van der Waals surface area contributed by atoms with Crippen LogP contribution in [0.3, 0.4) is 0 Å². The van der Waals surface area contributed by atoms with Crippen molar-refractivity contribution in [3.05, 3.63) is 83.4 Å². The predicted molar refractivity (Wildman–Crippen MR) is 174 cm³/mol. The number of methoxy groups -OCH3 is 2. The van der Waals surface area contributed by atoms with Gasteiger partial charge in [0.15, 0.2) is 0 Å². The van der Waals surface area contributed by atoms with Crippen LogP contribution in [-0.4, -0.2) is 55.8 Å². The van der Waals surface area contributed by atoms with Crippen LogP contribution in [0.4, 0.5) is 0 Å². The standard InChI is InChI=1S/C35H45O7P/c1-9-25(6)43(23-24(4)5,33(36)26-17-12-14-19-28(26)39-7,34(37)27-18-13-15-20-29(27)40-8)35(38)32-30(41-10-2)21-16-22-31(32)42-11-3/h12-22,24-25H,9-11,23H2,1-8H3. The summed E-state index contributed by atoms with van der Waals surface area (Å²) in [7, 11) is 2.96. The zero-order chi connectivity index (χ0) is 31.8. The number of hydrogen-bond acceptors (Lipinski definition) is 7. The molecule has 0 aliphatic heterocycles. The normalized spacial score (nSPS) is 13.0. The Morgan fingerprint density at radius 2 is 1.05 bits per heavy atom. The Kier molecular flexibility index (Phi) is 11.1. The monoisotopic (exact) mass is 608 g/mol. The van der Waals surface area contributed by atoms with Crippen molar-refractivity contribution in [3.8, 4) is 23.0 Å². The van der Waals surface area contributed by atoms with Crippen LogP contribution in [0.25, 0.3) is 0 Å². The number of carbonyl (C=O) groups excluding carboxylic acids is 3. The second kappa shape index (κ2) is 14.2. The van der Waals surface area contributed by atoms with Crippen LogP contribution in [0.2, 0.25) is 0 Å². The minimum absolute atomic E-state index is 0.0548. The van der Waals surface area contributed by atoms with Gasteiger partial charge in [0.1, 0.15) is 0 Å². The fourth-order valence-corrected chi connectivity index (χ4v) is 13.3. The van der Waals surface area contributed by atoms with Crippen molar-refractivity contribution in [2.45, 2.75) is 53.6 Å². The van der Waals surface area contributed by atoms with Crippen molar-refractivity contribution in [2.24, 2.45) is 5.92 Å². The van der Waals surface area contributed by atoms with E-state index in [1.54, 1.807) is 66.7 Å². The van der Waals surface area contributed by atoms with Crippen LogP contribution in [0.1, 0.15) is 79.0 Å². The molecular weight excluding hydrogens is 563 g/mol. The number of ether oxygens (including phenoxy) is 4. The van der Waals surface area contributed by atoms with E-state index in [-0.39, 0.29) is 53.5 Å². The molecule has 1 unspecified atom stereocenters. The summed E-state index contributed by atoms with van der Waals surface area (Å²) in [5, 5.41) is 0. The van der Waals surface area contributed by atoms with Crippen molar-refractivity contribution in [3.63, 3.8) is 0 Å². The summed E-state index contributed by atoms with van der Waals surface area (Å²) in [4.78, 5) is 47.3. The first-order valence-corrected chi connectivity index (χ1v) is 17.4. The van der Waals surface area contributed by atoms with Gasteiger partial charge in [-0.1, -0.05) is 0 Å². The van der Waals surface area contributed by atoms with Gasteiger partial charge in [-0.05, 0) is 0 Å². The topological polar surface area (TPSA) is 88.1 Å². The van der Waals surface area contributed by atoms with Crippen molar-refractivity contribution in [1.29, 1.82) is 0 Å². The van der Waals surface area contributed by atoms with Crippen LogP contribution in [-0.2, 0) is 0 Å². The first-order chi connectivity index (χ1) is 20.6. The molecule has 0 aromatic heterocycles. The van der Waals surface area contributed by atoms with Gasteiger partial charge in [-0.15, -0.1) is 0 Å². The fourth-order valence-electron chi connectivity index (χ4n) is 6.19. The second-order valence-corrected chi connectivity index (χ2v) is 16.2. The summed E-state index contributed by atoms with van der Waals surface area (Å²) in [6.07, 6.45) is 0.456. The number of carbonyl (C=O) groups is 3. The zero-order valence-electron chi connectivity index (χ0n) is 26.6. The molecule has 1 atom stereocenters. The molecule has 3 aromatic rings. The molecule has 8 heteroatoms. The van der Waals surface area contributed by atoms with E-state index >= 15 is 14.4 Å². The average Bonchev–Trinajstić information content (AvgIpc) is 3.02. The van der Waals surface area contributed by atoms with E-state index in [1.807, 2.05) is 41.5 Å². The third kappa shape index (κ3) is 5.68. The van der Waals surface area contributed by atoms with Crippen molar-refractivity contribution < 1.29 is 33.3 Å². The predicted octanol–water partition coefficient (Wildman–Crippen LogP) is 8.33. The van der Waals surface area contributed by atoms with Gasteiger partial charge in [0, 0.05) is 0 Å². The Morgan fingerprint density at radius 1 is 0.628 bits per heavy atom. The van der Waals surface area contributed by atoms with Gasteiger partial charge in [-0.2, -0.15) is 0 Å². The van der Waals surface area contributed by atoms with Crippen LogP contribution in [0.5, 0.6) is 23.0 Å². The van der Waals surface area contributed by atoms with Gasteiger partial charge in [0.05, 0.1) is 0 Å². The van der Waals surface area contributed by atoms with Gasteiger partial charge in [0.25, 0.3) is 0 Å². The molecule has 0 bridgehead atoms. The summed E-state index contributed by atoms with van der Waals surface area (Å²) in [6.45, 7) is 6.83. The van der Waals surface area contributed by atoms with E-state index < -0.39 is 28.8 Å². The molecule has 0 radical (unpaired) electrons. The van der Waals surface area contributed by atoms with E-state index in [1.165, 1.54) is 14.2 Å². The van der Waals surface area contributed by atoms with E-state index in [0.717, 1.165) is 0 Å². The Balaban J connectivity index is 2.70. The molecule has 7 nitrogen and oxygen atoms in total. The number of hydrogen-bond donors (Lipinski definition) is 0. The first kappa shape index (κ1) is 33.8. The summed E-state index contributed by atoms with van der Waals surface area (Å²) >= 11 is 0. The Hall–Kier alpha value is -3.70. The maximum atomic E-state index is 15.9. The van der Waals surface area contributed by atoms with E-state index in [4.69, 9.17) is 18.9 Å². The molecule has 0 heterocycles. The molecule has 0 saturated heterocycles. The molecule has 232 valence electrons. The second-order valence-electron chi connectivity index (χ2n) is 11.0. The molecule has 0 aliphatic carbocycles. The number of para-hydroxylation sites is 2. The van der Waals surface area contributed by atoms with Crippen molar-refractivity contribution in [1.82, 2.24) is 0 Å². The first-order valence-electron chi connectivity index (χ1n) is 14.9. The van der Waals surface area contributed by atoms with Crippen molar-refractivity contribution >= 4 is 23.2 Å². The number of rotatable bonds is 16. The quantitative estimate of drug-likeness (QED) is 0.151. The Morgan fingerprint density at radius 3 is 1.42 bits per heavy atom. The average molecular weight is 609 g/mol. The van der Waals surface area contributed by atoms with Crippen LogP contribution >= 0.6 is 6.60 Å². The van der Waals surface area contributed by atoms with Gasteiger partial charge >= 0.3 is 256 Å². The Bertz CT molecular complexity index is 1380. The molecular formula is C35H45O7P. The van der Waals surface area contributed by atoms with E-state index in [2.05, 4.69) is 0 Å². The van der Waals surface area contributed by atoms with Crippen LogP contribution < -0.4 is 18.9 Å².